The van der Waals surface area contributed by atoms with E-state index in [1.54, 1.807) is 19.3 Å². The Morgan fingerprint density at radius 2 is 1.77 bits per heavy atom. The van der Waals surface area contributed by atoms with Gasteiger partial charge >= 0.3 is 0 Å². The van der Waals surface area contributed by atoms with E-state index in [1.165, 1.54) is 5.22 Å². The summed E-state index contributed by atoms with van der Waals surface area (Å²) in [5.74, 6) is 1.00. The van der Waals surface area contributed by atoms with Crippen LogP contribution in [-0.4, -0.2) is 29.9 Å². The summed E-state index contributed by atoms with van der Waals surface area (Å²) in [5, 5.41) is 4.08. The smallest absolute Gasteiger partial charge is 0.161 e. The molecule has 1 aromatic carbocycles. The molecule has 1 aromatic heterocycles. The number of amidine groups is 2. The maximum atomic E-state index is 4.75. The Kier molecular flexibility index (Phi) is 14.0. The van der Waals surface area contributed by atoms with Gasteiger partial charge in [-0.05, 0) is 54.8 Å². The Bertz CT molecular complexity index is 1620. The van der Waals surface area contributed by atoms with Crippen molar-refractivity contribution >= 4 is 30.5 Å². The molecule has 1 heterocycles. The highest BCUT2D eigenvalue weighted by Gasteiger charge is 2.07. The quantitative estimate of drug-likeness (QED) is 0.187. The van der Waals surface area contributed by atoms with Crippen LogP contribution in [0, 0.1) is 10.6 Å². The van der Waals surface area contributed by atoms with Crippen LogP contribution in [0.3, 0.4) is 0 Å². The molecule has 204 valence electrons. The van der Waals surface area contributed by atoms with Gasteiger partial charge in [-0.15, -0.1) is 0 Å². The first-order chi connectivity index (χ1) is 19.5. The van der Waals surface area contributed by atoms with Gasteiger partial charge in [-0.2, -0.15) is 0 Å². The van der Waals surface area contributed by atoms with E-state index in [0.29, 0.717) is 23.7 Å². The molecule has 0 aliphatic heterocycles. The predicted molar refractivity (Wildman–Crippen MR) is 176 cm³/mol. The molecule has 0 amide bonds. The van der Waals surface area contributed by atoms with Crippen molar-refractivity contribution in [1.29, 1.82) is 0 Å². The number of benzene rings is 1. The molecule has 4 nitrogen and oxygen atoms in total. The van der Waals surface area contributed by atoms with Gasteiger partial charge < -0.3 is 0 Å². The summed E-state index contributed by atoms with van der Waals surface area (Å²) in [7, 11) is 1.70. The summed E-state index contributed by atoms with van der Waals surface area (Å²) < 4.78 is 0. The third-order valence-electron chi connectivity index (χ3n) is 5.77. The van der Waals surface area contributed by atoms with E-state index in [-0.39, 0.29) is 0 Å². The van der Waals surface area contributed by atoms with Crippen molar-refractivity contribution < 1.29 is 0 Å². The van der Waals surface area contributed by atoms with Gasteiger partial charge in [0.15, 0.2) is 11.7 Å². The molecule has 0 bridgehead atoms. The Hall–Kier alpha value is -4.70. The zero-order valence-corrected chi connectivity index (χ0v) is 24.2. The van der Waals surface area contributed by atoms with E-state index in [0.717, 1.165) is 33.3 Å². The Morgan fingerprint density at radius 3 is 2.48 bits per heavy atom. The number of rotatable bonds is 10. The van der Waals surface area contributed by atoms with Crippen LogP contribution in [0.25, 0.3) is 12.7 Å². The lowest BCUT2D eigenvalue weighted by molar-refractivity contribution is 1.12. The topological polar surface area (TPSA) is 50.0 Å². The molecule has 2 rings (SSSR count). The fourth-order valence-electron chi connectivity index (χ4n) is 3.80. The standard InChI is InChI=1S/C36H40N4/c1-8-12-14-20-28(5)35(37-7)40-36(39-26-13-9-2)32(19-11-4)23-17-22-30-25-27-38-34(29(30)6)33-24-16-15-21-31(33)18-10-3/h8-9,11-21,23-27H,4-6,10,22H2,1-3,7H3/b12-8-,13-9+,20-14-,23-17-,31-18-,32-19+,34-33+,37-35-,39-26+,40-36-. The van der Waals surface area contributed by atoms with E-state index in [1.807, 2.05) is 86.9 Å². The number of hydrogen-bond donors (Lipinski definition) is 0. The number of allylic oxidation sites excluding steroid dienone is 8. The summed E-state index contributed by atoms with van der Waals surface area (Å²) in [6.07, 6.45) is 26.5. The highest BCUT2D eigenvalue weighted by atomic mass is 15.0. The van der Waals surface area contributed by atoms with Gasteiger partial charge in [0.2, 0.25) is 0 Å². The Morgan fingerprint density at radius 1 is 1.00 bits per heavy atom. The van der Waals surface area contributed by atoms with E-state index >= 15 is 0 Å². The van der Waals surface area contributed by atoms with Gasteiger partial charge in [0.25, 0.3) is 0 Å². The first-order valence-corrected chi connectivity index (χ1v) is 13.4. The number of pyridine rings is 1. The molecule has 2 aromatic rings. The summed E-state index contributed by atoms with van der Waals surface area (Å²) in [4.78, 5) is 18.4. The molecule has 0 saturated heterocycles. The zero-order valence-electron chi connectivity index (χ0n) is 24.2. The zero-order chi connectivity index (χ0) is 29.2. The van der Waals surface area contributed by atoms with Crippen molar-refractivity contribution in [3.8, 4) is 0 Å². The fraction of sp³-hybridized carbons (Fsp3) is 0.167. The molecule has 0 fully saturated rings. The molecule has 0 aliphatic carbocycles. The summed E-state index contributed by atoms with van der Waals surface area (Å²) >= 11 is 0. The third-order valence-corrected chi connectivity index (χ3v) is 5.77. The lowest BCUT2D eigenvalue weighted by Crippen LogP contribution is -2.14. The molecule has 0 N–H and O–H groups in total. The lowest BCUT2D eigenvalue weighted by Gasteiger charge is -2.05. The minimum atomic E-state index is 0.498. The molecule has 0 unspecified atom stereocenters. The van der Waals surface area contributed by atoms with Gasteiger partial charge in [-0.1, -0.05) is 112 Å². The maximum absolute atomic E-state index is 4.75. The van der Waals surface area contributed by atoms with Gasteiger partial charge in [-0.3, -0.25) is 9.98 Å². The van der Waals surface area contributed by atoms with Crippen molar-refractivity contribution in [2.75, 3.05) is 7.05 Å². The van der Waals surface area contributed by atoms with Crippen LogP contribution >= 0.6 is 0 Å². The molecule has 40 heavy (non-hydrogen) atoms. The molecule has 0 saturated carbocycles. The van der Waals surface area contributed by atoms with Crippen LogP contribution in [0.5, 0.6) is 0 Å². The second-order valence-electron chi connectivity index (χ2n) is 8.66. The van der Waals surface area contributed by atoms with Gasteiger partial charge in [0, 0.05) is 35.8 Å². The van der Waals surface area contributed by atoms with E-state index in [2.05, 4.69) is 65.9 Å². The molecule has 0 aliphatic rings. The summed E-state index contributed by atoms with van der Waals surface area (Å²) in [5.41, 5.74) is 2.58. The largest absolute Gasteiger partial charge is 0.270 e. The van der Waals surface area contributed by atoms with Gasteiger partial charge in [0.1, 0.15) is 0 Å². The minimum Gasteiger partial charge on any atom is -0.270 e. The summed E-state index contributed by atoms with van der Waals surface area (Å²) in [6, 6.07) is 10.3. The maximum Gasteiger partial charge on any atom is 0.161 e. The normalized spacial score (nSPS) is 15.0. The van der Waals surface area contributed by atoms with Crippen LogP contribution < -0.4 is 10.4 Å². The van der Waals surface area contributed by atoms with Crippen molar-refractivity contribution in [3.05, 3.63) is 148 Å². The minimum absolute atomic E-state index is 0.498. The van der Waals surface area contributed by atoms with Crippen LogP contribution in [0.4, 0.5) is 0 Å². The van der Waals surface area contributed by atoms with Crippen LogP contribution in [0.15, 0.2) is 137 Å². The second-order valence-corrected chi connectivity index (χ2v) is 8.66. The monoisotopic (exact) mass is 528 g/mol. The number of nitrogens with zero attached hydrogens (tertiary/aromatic N) is 4. The number of aliphatic imine (C=N–C) groups is 3. The molecule has 4 heteroatoms. The van der Waals surface area contributed by atoms with Crippen molar-refractivity contribution in [2.24, 2.45) is 15.0 Å². The first kappa shape index (κ1) is 31.5. The number of hydrogen-bond acceptors (Lipinski definition) is 2. The van der Waals surface area contributed by atoms with Crippen molar-refractivity contribution in [3.63, 3.8) is 0 Å². The number of aromatic nitrogens is 1. The van der Waals surface area contributed by atoms with Crippen molar-refractivity contribution in [1.82, 2.24) is 4.98 Å². The summed E-state index contributed by atoms with van der Waals surface area (Å²) in [6.45, 7) is 18.4. The third kappa shape index (κ3) is 9.55. The van der Waals surface area contributed by atoms with Crippen LogP contribution in [0.1, 0.15) is 32.8 Å². The molecule has 0 radical (unpaired) electrons. The van der Waals surface area contributed by atoms with Crippen molar-refractivity contribution in [2.45, 2.75) is 33.6 Å². The second kappa shape index (κ2) is 17.7. The Balaban J connectivity index is 2.54. The lowest BCUT2D eigenvalue weighted by atomic mass is 10.1. The molecule has 0 spiro atoms. The molecular weight excluding hydrogens is 488 g/mol. The highest BCUT2D eigenvalue weighted by molar-refractivity contribution is 6.15. The van der Waals surface area contributed by atoms with E-state index in [9.17, 15) is 0 Å². The highest BCUT2D eigenvalue weighted by Crippen LogP contribution is 2.09. The first-order valence-electron chi connectivity index (χ1n) is 13.4. The SMILES string of the molecule is C=C/C=C(\C=C/Cc1ccn/c(=c2\cccc\c2=C\CC)c1=C)C(=N/C(=N\C)C(=C)/C=C\C=C/C)/N=C/C=C/C. The average molecular weight is 529 g/mol. The molecular formula is C36H40N4. The molecule has 0 atom stereocenters. The average Bonchev–Trinajstić information content (AvgIpc) is 2.96. The van der Waals surface area contributed by atoms with Crippen LogP contribution in [0.2, 0.25) is 0 Å². The van der Waals surface area contributed by atoms with E-state index < -0.39 is 0 Å². The van der Waals surface area contributed by atoms with Crippen LogP contribution in [-0.2, 0) is 6.42 Å². The van der Waals surface area contributed by atoms with Gasteiger partial charge in [-0.25, -0.2) is 9.98 Å². The Labute approximate surface area is 239 Å². The van der Waals surface area contributed by atoms with E-state index in [4.69, 9.17) is 4.99 Å². The van der Waals surface area contributed by atoms with Gasteiger partial charge in [0.05, 0.1) is 5.35 Å². The fourth-order valence-corrected chi connectivity index (χ4v) is 3.80. The predicted octanol–water partition coefficient (Wildman–Crippen LogP) is 6.94.